The second-order valence-corrected chi connectivity index (χ2v) is 8.51. The number of nitrogens with zero attached hydrogens (tertiary/aromatic N) is 3. The van der Waals surface area contributed by atoms with Crippen LogP contribution in [0.2, 0.25) is 0 Å². The third-order valence-corrected chi connectivity index (χ3v) is 5.85. The number of pyridine rings is 1. The maximum Gasteiger partial charge on any atom is 0.446 e. The van der Waals surface area contributed by atoms with Crippen LogP contribution in [0, 0.1) is 5.92 Å². The number of carbonyl (C=O) groups excluding carboxylic acids is 1. The Balaban J connectivity index is 1.54. The molecule has 11 heteroatoms. The number of hydrogen-bond acceptors (Lipinski definition) is 6. The molecule has 1 aliphatic rings. The number of aromatic amines is 1. The first kappa shape index (κ1) is 22.2. The van der Waals surface area contributed by atoms with Crippen LogP contribution < -0.4 is 10.2 Å². The van der Waals surface area contributed by atoms with Crippen molar-refractivity contribution in [2.75, 3.05) is 29.9 Å². The van der Waals surface area contributed by atoms with Gasteiger partial charge in [-0.3, -0.25) is 9.89 Å². The molecule has 7 nitrogen and oxygen atoms in total. The van der Waals surface area contributed by atoms with Crippen LogP contribution in [0.4, 0.5) is 24.7 Å². The fourth-order valence-electron chi connectivity index (χ4n) is 3.56. The molecule has 1 aliphatic heterocycles. The van der Waals surface area contributed by atoms with Crippen molar-refractivity contribution in [3.8, 4) is 11.3 Å². The minimum absolute atomic E-state index is 0.0369. The van der Waals surface area contributed by atoms with Gasteiger partial charge in [0.2, 0.25) is 0 Å². The maximum atomic E-state index is 12.8. The number of benzene rings is 1. The van der Waals surface area contributed by atoms with Gasteiger partial charge in [-0.1, -0.05) is 0 Å². The van der Waals surface area contributed by atoms with Crippen molar-refractivity contribution < 1.29 is 23.1 Å². The van der Waals surface area contributed by atoms with Gasteiger partial charge in [0.1, 0.15) is 5.82 Å². The van der Waals surface area contributed by atoms with Crippen molar-refractivity contribution >= 4 is 29.2 Å². The van der Waals surface area contributed by atoms with E-state index in [0.717, 1.165) is 13.0 Å². The Hall–Kier alpha value is -3.05. The van der Waals surface area contributed by atoms with Crippen LogP contribution in [0.5, 0.6) is 0 Å². The molecule has 1 aromatic carbocycles. The predicted molar refractivity (Wildman–Crippen MR) is 116 cm³/mol. The number of nitrogens with one attached hydrogen (secondary N) is 2. The predicted octanol–water partition coefficient (Wildman–Crippen LogP) is 4.15. The van der Waals surface area contributed by atoms with Gasteiger partial charge in [-0.15, -0.1) is 0 Å². The van der Waals surface area contributed by atoms with Crippen LogP contribution in [0.1, 0.15) is 16.8 Å². The van der Waals surface area contributed by atoms with Gasteiger partial charge in [0, 0.05) is 54.2 Å². The van der Waals surface area contributed by atoms with Crippen molar-refractivity contribution in [2.45, 2.75) is 16.8 Å². The van der Waals surface area contributed by atoms with E-state index in [9.17, 15) is 23.1 Å². The lowest BCUT2D eigenvalue weighted by Gasteiger charge is -2.21. The van der Waals surface area contributed by atoms with E-state index in [2.05, 4.69) is 25.4 Å². The minimum atomic E-state index is -4.37. The van der Waals surface area contributed by atoms with Gasteiger partial charge in [0.05, 0.1) is 11.3 Å². The highest BCUT2D eigenvalue weighted by Gasteiger charge is 2.29. The lowest BCUT2D eigenvalue weighted by Crippen LogP contribution is -2.23. The topological polar surface area (TPSA) is 94.1 Å². The molecule has 3 aromatic rings. The molecule has 1 saturated heterocycles. The number of anilines is 2. The molecule has 0 radical (unpaired) electrons. The third kappa shape index (κ3) is 5.22. The number of aliphatic hydroxyl groups excluding tert-OH is 1. The van der Waals surface area contributed by atoms with E-state index >= 15 is 0 Å². The molecular formula is C21H20F3N5O2S. The van der Waals surface area contributed by atoms with Crippen LogP contribution in [0.15, 0.2) is 53.7 Å². The molecule has 4 rings (SSSR count). The molecule has 168 valence electrons. The molecule has 3 heterocycles. The number of aliphatic hydroxyl groups is 1. The Labute approximate surface area is 186 Å². The van der Waals surface area contributed by atoms with Crippen LogP contribution in [-0.4, -0.2) is 51.4 Å². The molecule has 0 saturated carbocycles. The number of hydrogen-bond donors (Lipinski definition) is 3. The summed E-state index contributed by atoms with van der Waals surface area (Å²) in [6.45, 7) is 1.52. The minimum Gasteiger partial charge on any atom is -0.396 e. The highest BCUT2D eigenvalue weighted by molar-refractivity contribution is 8.00. The normalized spacial score (nSPS) is 16.4. The largest absolute Gasteiger partial charge is 0.446 e. The summed E-state index contributed by atoms with van der Waals surface area (Å²) < 4.78 is 37.4. The quantitative estimate of drug-likeness (QED) is 0.476. The fraction of sp³-hybridized carbons (Fsp3) is 0.286. The van der Waals surface area contributed by atoms with E-state index in [-0.39, 0.29) is 29.2 Å². The molecule has 32 heavy (non-hydrogen) atoms. The summed E-state index contributed by atoms with van der Waals surface area (Å²) in [5.74, 6) is 0.429. The summed E-state index contributed by atoms with van der Waals surface area (Å²) in [7, 11) is 0. The Morgan fingerprint density at radius 2 is 2.06 bits per heavy atom. The number of thioether (sulfide) groups is 1. The van der Waals surface area contributed by atoms with Crippen LogP contribution in [0.3, 0.4) is 0 Å². The van der Waals surface area contributed by atoms with E-state index in [1.807, 2.05) is 0 Å². The number of halogens is 3. The smallest absolute Gasteiger partial charge is 0.396 e. The fourth-order valence-corrected chi connectivity index (χ4v) is 4.09. The summed E-state index contributed by atoms with van der Waals surface area (Å²) in [6, 6.07) is 8.92. The van der Waals surface area contributed by atoms with Gasteiger partial charge in [0.25, 0.3) is 5.91 Å². The molecule has 1 atom stereocenters. The average Bonchev–Trinajstić information content (AvgIpc) is 3.46. The lowest BCUT2D eigenvalue weighted by molar-refractivity contribution is -0.0328. The molecule has 3 N–H and O–H groups in total. The number of carbonyl (C=O) groups is 1. The van der Waals surface area contributed by atoms with Crippen LogP contribution >= 0.6 is 11.8 Å². The van der Waals surface area contributed by atoms with Gasteiger partial charge >= 0.3 is 5.51 Å². The maximum absolute atomic E-state index is 12.8. The zero-order valence-electron chi connectivity index (χ0n) is 16.8. The summed E-state index contributed by atoms with van der Waals surface area (Å²) >= 11 is -0.212. The van der Waals surface area contributed by atoms with E-state index in [4.69, 9.17) is 0 Å². The van der Waals surface area contributed by atoms with E-state index in [1.54, 1.807) is 18.3 Å². The van der Waals surface area contributed by atoms with Crippen LogP contribution in [0.25, 0.3) is 11.3 Å². The highest BCUT2D eigenvalue weighted by atomic mass is 32.2. The van der Waals surface area contributed by atoms with Crippen molar-refractivity contribution in [3.63, 3.8) is 0 Å². The van der Waals surface area contributed by atoms with E-state index in [0.29, 0.717) is 34.9 Å². The first-order valence-corrected chi connectivity index (χ1v) is 10.7. The molecule has 1 amide bonds. The third-order valence-electron chi connectivity index (χ3n) is 5.11. The van der Waals surface area contributed by atoms with Gasteiger partial charge in [-0.05, 0) is 54.6 Å². The second-order valence-electron chi connectivity index (χ2n) is 7.38. The van der Waals surface area contributed by atoms with E-state index in [1.165, 1.54) is 30.5 Å². The van der Waals surface area contributed by atoms with E-state index < -0.39 is 11.4 Å². The standard InChI is InChI=1S/C21H20F3N5O2S/c22-21(23,24)32-16-3-1-15(2-4-16)27-20(31)14-9-17(18-5-7-26-28-18)19(25-10-14)29-8-6-13(11-29)12-30/h1-5,7,9-10,13,30H,6,8,11-12H2,(H,26,28)(H,27,31)/t13-/m0/s1. The molecule has 0 spiro atoms. The number of aromatic nitrogens is 3. The molecule has 1 fully saturated rings. The number of amides is 1. The Morgan fingerprint density at radius 1 is 1.28 bits per heavy atom. The van der Waals surface area contributed by atoms with Crippen molar-refractivity contribution in [1.82, 2.24) is 15.2 Å². The Kier molecular flexibility index (Phi) is 6.38. The van der Waals surface area contributed by atoms with Gasteiger partial charge in [-0.25, -0.2) is 4.98 Å². The summed E-state index contributed by atoms with van der Waals surface area (Å²) in [6.07, 6.45) is 3.92. The van der Waals surface area contributed by atoms with Crippen LogP contribution in [-0.2, 0) is 0 Å². The highest BCUT2D eigenvalue weighted by Crippen LogP contribution is 2.37. The van der Waals surface area contributed by atoms with Crippen molar-refractivity contribution in [2.24, 2.45) is 5.92 Å². The zero-order valence-corrected chi connectivity index (χ0v) is 17.6. The molecule has 0 unspecified atom stereocenters. The summed E-state index contributed by atoms with van der Waals surface area (Å²) in [4.78, 5) is 19.4. The summed E-state index contributed by atoms with van der Waals surface area (Å²) in [5.41, 5.74) is -2.30. The molecule has 0 bridgehead atoms. The Morgan fingerprint density at radius 3 is 2.69 bits per heavy atom. The Bertz CT molecular complexity index is 1070. The lowest BCUT2D eigenvalue weighted by atomic mass is 10.1. The average molecular weight is 463 g/mol. The zero-order chi connectivity index (χ0) is 22.7. The molecule has 2 aromatic heterocycles. The van der Waals surface area contributed by atoms with Gasteiger partial charge in [-0.2, -0.15) is 18.3 Å². The number of rotatable bonds is 6. The monoisotopic (exact) mass is 463 g/mol. The molecule has 0 aliphatic carbocycles. The number of H-pyrrole nitrogens is 1. The van der Waals surface area contributed by atoms with Crippen molar-refractivity contribution in [3.05, 3.63) is 54.4 Å². The molecular weight excluding hydrogens is 443 g/mol. The van der Waals surface area contributed by atoms with Gasteiger partial charge < -0.3 is 15.3 Å². The van der Waals surface area contributed by atoms with Crippen molar-refractivity contribution in [1.29, 1.82) is 0 Å². The first-order valence-electron chi connectivity index (χ1n) is 9.85. The SMILES string of the molecule is O=C(Nc1ccc(SC(F)(F)F)cc1)c1cnc(N2CC[C@H](CO)C2)c(-c2ccn[nH]2)c1. The first-order chi connectivity index (χ1) is 15.3. The summed E-state index contributed by atoms with van der Waals surface area (Å²) in [5, 5.41) is 19.0. The van der Waals surface area contributed by atoms with Gasteiger partial charge in [0.15, 0.2) is 0 Å². The number of alkyl halides is 3. The second kappa shape index (κ2) is 9.21.